The smallest absolute Gasteiger partial charge is 0.236 e. The summed E-state index contributed by atoms with van der Waals surface area (Å²) in [5, 5.41) is 3.66. The van der Waals surface area contributed by atoms with E-state index < -0.39 is 0 Å². The van der Waals surface area contributed by atoms with Crippen molar-refractivity contribution in [1.29, 1.82) is 0 Å². The minimum atomic E-state index is 0. The summed E-state index contributed by atoms with van der Waals surface area (Å²) >= 11 is 0. The van der Waals surface area contributed by atoms with Gasteiger partial charge in [0.1, 0.15) is 0 Å². The first-order valence-corrected chi connectivity index (χ1v) is 10.6. The molecule has 0 aromatic rings. The Morgan fingerprint density at radius 3 is 2.15 bits per heavy atom. The van der Waals surface area contributed by atoms with Crippen LogP contribution in [0.3, 0.4) is 0 Å². The van der Waals surface area contributed by atoms with Crippen molar-refractivity contribution >= 4 is 35.8 Å². The molecule has 1 aliphatic carbocycles. The summed E-state index contributed by atoms with van der Waals surface area (Å²) in [6.07, 6.45) is 9.03. The number of carbonyl (C=O) groups is 1. The highest BCUT2D eigenvalue weighted by atomic mass is 127. The van der Waals surface area contributed by atoms with Gasteiger partial charge < -0.3 is 15.1 Å². The number of guanidine groups is 1. The van der Waals surface area contributed by atoms with Gasteiger partial charge in [-0.25, -0.2) is 0 Å². The summed E-state index contributed by atoms with van der Waals surface area (Å²) in [6, 6.07) is 0. The molecule has 2 saturated heterocycles. The predicted molar refractivity (Wildman–Crippen MR) is 122 cm³/mol. The van der Waals surface area contributed by atoms with E-state index >= 15 is 0 Å². The molecule has 1 amide bonds. The van der Waals surface area contributed by atoms with Gasteiger partial charge in [-0.2, -0.15) is 0 Å². The van der Waals surface area contributed by atoms with Crippen LogP contribution >= 0.6 is 24.0 Å². The third kappa shape index (κ3) is 5.95. The fraction of sp³-hybridized carbons (Fsp3) is 0.900. The molecule has 0 bridgehead atoms. The largest absolute Gasteiger partial charge is 0.356 e. The van der Waals surface area contributed by atoms with Gasteiger partial charge >= 0.3 is 0 Å². The number of hydrogen-bond donors (Lipinski definition) is 1. The summed E-state index contributed by atoms with van der Waals surface area (Å²) in [6.45, 7) is 9.65. The molecule has 0 unspecified atom stereocenters. The van der Waals surface area contributed by atoms with Gasteiger partial charge in [-0.05, 0) is 37.5 Å². The predicted octanol–water partition coefficient (Wildman–Crippen LogP) is 2.39. The Hall–Kier alpha value is -0.570. The topological polar surface area (TPSA) is 51.2 Å². The fourth-order valence-corrected chi connectivity index (χ4v) is 4.75. The Balaban J connectivity index is 0.00000261. The van der Waals surface area contributed by atoms with Crippen LogP contribution in [0, 0.1) is 5.41 Å². The molecule has 1 N–H and O–H groups in total. The van der Waals surface area contributed by atoms with Crippen LogP contribution in [0.15, 0.2) is 4.99 Å². The highest BCUT2D eigenvalue weighted by molar-refractivity contribution is 14.0. The maximum atomic E-state index is 12.3. The average Bonchev–Trinajstić information content (AvgIpc) is 3.36. The molecule has 0 atom stereocenters. The fourth-order valence-electron chi connectivity index (χ4n) is 4.75. The monoisotopic (exact) mass is 491 g/mol. The summed E-state index contributed by atoms with van der Waals surface area (Å²) in [5.41, 5.74) is 0.472. The van der Waals surface area contributed by atoms with Crippen molar-refractivity contribution in [2.24, 2.45) is 10.4 Å². The lowest BCUT2D eigenvalue weighted by atomic mass is 9.83. The van der Waals surface area contributed by atoms with Gasteiger partial charge in [0.05, 0.1) is 6.54 Å². The molecule has 3 rings (SSSR count). The van der Waals surface area contributed by atoms with Gasteiger partial charge in [-0.15, -0.1) is 24.0 Å². The van der Waals surface area contributed by atoms with Crippen molar-refractivity contribution in [3.63, 3.8) is 0 Å². The number of rotatable bonds is 5. The molecule has 0 radical (unpaired) electrons. The Morgan fingerprint density at radius 2 is 1.59 bits per heavy atom. The van der Waals surface area contributed by atoms with Crippen LogP contribution in [0.2, 0.25) is 0 Å². The molecule has 27 heavy (non-hydrogen) atoms. The van der Waals surface area contributed by atoms with Crippen molar-refractivity contribution in [3.05, 3.63) is 0 Å². The summed E-state index contributed by atoms with van der Waals surface area (Å²) < 4.78 is 0. The molecule has 0 spiro atoms. The highest BCUT2D eigenvalue weighted by Crippen LogP contribution is 2.40. The van der Waals surface area contributed by atoms with Crippen LogP contribution in [0.4, 0.5) is 0 Å². The number of aliphatic imine (C=N–C) groups is 1. The normalized spacial score (nSPS) is 23.4. The first-order chi connectivity index (χ1) is 12.7. The number of nitrogens with zero attached hydrogens (tertiary/aromatic N) is 4. The Morgan fingerprint density at radius 1 is 0.963 bits per heavy atom. The lowest BCUT2D eigenvalue weighted by Gasteiger charge is -2.38. The molecular weight excluding hydrogens is 453 g/mol. The maximum absolute atomic E-state index is 12.3. The number of nitrogens with one attached hydrogen (secondary N) is 1. The van der Waals surface area contributed by atoms with Crippen LogP contribution in [0.5, 0.6) is 0 Å². The van der Waals surface area contributed by atoms with Gasteiger partial charge in [0.25, 0.3) is 0 Å². The summed E-state index contributed by atoms with van der Waals surface area (Å²) in [7, 11) is 1.89. The number of piperazine rings is 1. The van der Waals surface area contributed by atoms with Gasteiger partial charge in [0.15, 0.2) is 5.96 Å². The number of halogens is 1. The molecule has 3 aliphatic rings. The van der Waals surface area contributed by atoms with E-state index in [0.29, 0.717) is 17.9 Å². The van der Waals surface area contributed by atoms with Gasteiger partial charge in [-0.3, -0.25) is 14.7 Å². The second-order valence-corrected chi connectivity index (χ2v) is 8.31. The van der Waals surface area contributed by atoms with Gasteiger partial charge in [0, 0.05) is 52.9 Å². The van der Waals surface area contributed by atoms with Crippen LogP contribution < -0.4 is 5.32 Å². The quantitative estimate of drug-likeness (QED) is 0.365. The lowest BCUT2D eigenvalue weighted by Crippen LogP contribution is -2.55. The molecular formula is C20H38IN5O. The zero-order valence-electron chi connectivity index (χ0n) is 17.2. The van der Waals surface area contributed by atoms with Crippen LogP contribution in [-0.4, -0.2) is 86.0 Å². The Labute approximate surface area is 182 Å². The SMILES string of the molecule is CCC1(CNC(=NC)N2CCN(CC(=O)N3CCCC3)CC2)CCCC1.I. The molecule has 0 aromatic carbocycles. The average molecular weight is 491 g/mol. The molecule has 7 heteroatoms. The number of amides is 1. The van der Waals surface area contributed by atoms with Crippen molar-refractivity contribution in [2.45, 2.75) is 51.9 Å². The van der Waals surface area contributed by atoms with E-state index in [4.69, 9.17) is 0 Å². The Kier molecular flexibility index (Phi) is 9.11. The first-order valence-electron chi connectivity index (χ1n) is 10.6. The molecule has 1 saturated carbocycles. The van der Waals surface area contributed by atoms with Crippen molar-refractivity contribution in [1.82, 2.24) is 20.0 Å². The standard InChI is InChI=1S/C20H37N5O.HI/c1-3-20(8-4-5-9-20)17-22-19(21-2)25-14-12-23(13-15-25)16-18(26)24-10-6-7-11-24;/h3-17H2,1-2H3,(H,21,22);1H. The van der Waals surface area contributed by atoms with E-state index in [0.717, 1.165) is 51.8 Å². The van der Waals surface area contributed by atoms with Crippen molar-refractivity contribution in [3.8, 4) is 0 Å². The van der Waals surface area contributed by atoms with Crippen molar-refractivity contribution < 1.29 is 4.79 Å². The third-order valence-corrected chi connectivity index (χ3v) is 6.74. The number of hydrogen-bond acceptors (Lipinski definition) is 3. The highest BCUT2D eigenvalue weighted by Gasteiger charge is 2.32. The molecule has 156 valence electrons. The van der Waals surface area contributed by atoms with Gasteiger partial charge in [0.2, 0.25) is 5.91 Å². The van der Waals surface area contributed by atoms with E-state index in [-0.39, 0.29) is 24.0 Å². The molecule has 2 aliphatic heterocycles. The van der Waals surface area contributed by atoms with Crippen LogP contribution in [-0.2, 0) is 4.79 Å². The zero-order valence-corrected chi connectivity index (χ0v) is 19.5. The zero-order chi connectivity index (χ0) is 18.4. The van der Waals surface area contributed by atoms with Crippen LogP contribution in [0.25, 0.3) is 0 Å². The van der Waals surface area contributed by atoms with E-state index in [2.05, 4.69) is 27.0 Å². The molecule has 3 fully saturated rings. The lowest BCUT2D eigenvalue weighted by molar-refractivity contribution is -0.131. The molecule has 2 heterocycles. The van der Waals surface area contributed by atoms with E-state index in [1.54, 1.807) is 0 Å². The van der Waals surface area contributed by atoms with E-state index in [1.807, 2.05) is 11.9 Å². The Bertz CT molecular complexity index is 493. The second kappa shape index (κ2) is 10.8. The molecule has 6 nitrogen and oxygen atoms in total. The summed E-state index contributed by atoms with van der Waals surface area (Å²) in [4.78, 5) is 23.5. The second-order valence-electron chi connectivity index (χ2n) is 8.31. The minimum absolute atomic E-state index is 0. The number of likely N-dealkylation sites (tertiary alicyclic amines) is 1. The summed E-state index contributed by atoms with van der Waals surface area (Å²) in [5.74, 6) is 1.35. The van der Waals surface area contributed by atoms with Crippen molar-refractivity contribution in [2.75, 3.05) is 59.4 Å². The minimum Gasteiger partial charge on any atom is -0.356 e. The molecule has 0 aromatic heterocycles. The number of carbonyl (C=O) groups excluding carboxylic acids is 1. The van der Waals surface area contributed by atoms with E-state index in [9.17, 15) is 4.79 Å². The third-order valence-electron chi connectivity index (χ3n) is 6.74. The maximum Gasteiger partial charge on any atom is 0.236 e. The first kappa shape index (κ1) is 22.7. The van der Waals surface area contributed by atoms with Crippen LogP contribution in [0.1, 0.15) is 51.9 Å². The van der Waals surface area contributed by atoms with Gasteiger partial charge in [-0.1, -0.05) is 19.8 Å². The van der Waals surface area contributed by atoms with E-state index in [1.165, 1.54) is 44.9 Å².